The Bertz CT molecular complexity index is 755. The van der Waals surface area contributed by atoms with Crippen LogP contribution in [0.15, 0.2) is 47.0 Å². The molecule has 0 bridgehead atoms. The first-order chi connectivity index (χ1) is 10.5. The van der Waals surface area contributed by atoms with E-state index in [1.165, 1.54) is 13.0 Å². The average Bonchev–Trinajstić information content (AvgIpc) is 2.50. The van der Waals surface area contributed by atoms with Crippen LogP contribution >= 0.6 is 11.6 Å². The molecule has 0 N–H and O–H groups in total. The maximum Gasteiger partial charge on any atom is 0.179 e. The van der Waals surface area contributed by atoms with Gasteiger partial charge in [0, 0.05) is 5.57 Å². The highest BCUT2D eigenvalue weighted by atomic mass is 35.5. The van der Waals surface area contributed by atoms with Crippen LogP contribution in [0.2, 0.25) is 0 Å². The zero-order valence-electron chi connectivity index (χ0n) is 11.8. The summed E-state index contributed by atoms with van der Waals surface area (Å²) in [6.45, 7) is 1.34. The van der Waals surface area contributed by atoms with E-state index in [1.807, 2.05) is 6.07 Å². The molecule has 22 heavy (non-hydrogen) atoms. The first kappa shape index (κ1) is 15.9. The van der Waals surface area contributed by atoms with Gasteiger partial charge in [-0.15, -0.1) is 0 Å². The number of alkyl halides is 1. The number of carbonyl (C=O) groups is 1. The van der Waals surface area contributed by atoms with Crippen molar-refractivity contribution in [1.29, 1.82) is 10.5 Å². The number of nitrogens with zero attached hydrogens (tertiary/aromatic N) is 2. The molecule has 0 aliphatic heterocycles. The zero-order valence-corrected chi connectivity index (χ0v) is 12.6. The molecule has 0 radical (unpaired) electrons. The van der Waals surface area contributed by atoms with Crippen molar-refractivity contribution in [3.63, 3.8) is 0 Å². The van der Waals surface area contributed by atoms with Crippen LogP contribution in [0.3, 0.4) is 0 Å². The summed E-state index contributed by atoms with van der Waals surface area (Å²) in [5.41, 5.74) is -1.26. The lowest BCUT2D eigenvalue weighted by Gasteiger charge is -2.33. The summed E-state index contributed by atoms with van der Waals surface area (Å²) in [6.07, 6.45) is 0.680. The summed E-state index contributed by atoms with van der Waals surface area (Å²) in [5, 5.41) is 18.1. The Hall–Kier alpha value is -2.43. The molecule has 0 spiro atoms. The lowest BCUT2D eigenvalue weighted by molar-refractivity contribution is -0.113. The number of benzene rings is 1. The van der Waals surface area contributed by atoms with Crippen LogP contribution in [0.5, 0.6) is 0 Å². The molecule has 0 saturated heterocycles. The lowest BCUT2D eigenvalue weighted by atomic mass is 9.73. The molecule has 1 aromatic rings. The minimum absolute atomic E-state index is 0.203. The Balaban J connectivity index is 2.77. The van der Waals surface area contributed by atoms with E-state index in [-0.39, 0.29) is 22.0 Å². The summed E-state index contributed by atoms with van der Waals surface area (Å²) in [6, 6.07) is 12.3. The van der Waals surface area contributed by atoms with E-state index in [1.54, 1.807) is 36.4 Å². The molecule has 0 saturated carbocycles. The number of rotatable bonds is 3. The van der Waals surface area contributed by atoms with Crippen molar-refractivity contribution in [2.45, 2.75) is 19.0 Å². The molecule has 1 aliphatic carbocycles. The van der Waals surface area contributed by atoms with Gasteiger partial charge >= 0.3 is 0 Å². The average molecular weight is 315 g/mol. The SMILES string of the molecule is CC(=O)C1=C(c2ccccc2)C(C#N)C(F)(CC#N)C(Cl)=C1. The second-order valence-corrected chi connectivity index (χ2v) is 5.41. The molecule has 2 unspecified atom stereocenters. The van der Waals surface area contributed by atoms with Crippen molar-refractivity contribution in [2.24, 2.45) is 5.92 Å². The van der Waals surface area contributed by atoms with Gasteiger partial charge in [-0.25, -0.2) is 4.39 Å². The summed E-state index contributed by atoms with van der Waals surface area (Å²) in [4.78, 5) is 11.9. The number of nitriles is 2. The van der Waals surface area contributed by atoms with Crippen LogP contribution in [-0.4, -0.2) is 11.5 Å². The molecule has 2 atom stereocenters. The largest absolute Gasteiger partial charge is 0.294 e. The number of Topliss-reactive ketones (excluding diaryl/α,β-unsaturated/α-hetero) is 1. The third-order valence-corrected chi connectivity index (χ3v) is 4.06. The number of allylic oxidation sites excluding steroid dienone is 4. The van der Waals surface area contributed by atoms with Gasteiger partial charge < -0.3 is 0 Å². The first-order valence-electron chi connectivity index (χ1n) is 6.59. The monoisotopic (exact) mass is 314 g/mol. The van der Waals surface area contributed by atoms with Gasteiger partial charge in [0.15, 0.2) is 11.5 Å². The lowest BCUT2D eigenvalue weighted by Crippen LogP contribution is -2.37. The van der Waals surface area contributed by atoms with Crippen molar-refractivity contribution < 1.29 is 9.18 Å². The van der Waals surface area contributed by atoms with Crippen molar-refractivity contribution in [1.82, 2.24) is 0 Å². The van der Waals surface area contributed by atoms with E-state index < -0.39 is 18.0 Å². The van der Waals surface area contributed by atoms with Crippen LogP contribution in [0.4, 0.5) is 4.39 Å². The molecule has 0 amide bonds. The number of hydrogen-bond acceptors (Lipinski definition) is 3. The van der Waals surface area contributed by atoms with E-state index in [9.17, 15) is 10.1 Å². The molecular weight excluding hydrogens is 303 g/mol. The smallest absolute Gasteiger partial charge is 0.179 e. The molecular formula is C17H12ClFN2O. The zero-order chi connectivity index (χ0) is 16.3. The summed E-state index contributed by atoms with van der Waals surface area (Å²) < 4.78 is 15.2. The fraction of sp³-hybridized carbons (Fsp3) is 0.235. The second-order valence-electron chi connectivity index (χ2n) is 5.00. The highest BCUT2D eigenvalue weighted by Crippen LogP contribution is 2.48. The van der Waals surface area contributed by atoms with Crippen molar-refractivity contribution in [3.8, 4) is 12.1 Å². The van der Waals surface area contributed by atoms with Crippen LogP contribution in [0.25, 0.3) is 5.57 Å². The molecule has 110 valence electrons. The summed E-state index contributed by atoms with van der Waals surface area (Å²) in [7, 11) is 0. The minimum Gasteiger partial charge on any atom is -0.294 e. The molecule has 1 aliphatic rings. The Labute approximate surface area is 132 Å². The fourth-order valence-corrected chi connectivity index (χ4v) is 2.83. The van der Waals surface area contributed by atoms with Gasteiger partial charge in [-0.1, -0.05) is 41.9 Å². The second kappa shape index (κ2) is 6.13. The Morgan fingerprint density at radius 1 is 1.36 bits per heavy atom. The summed E-state index contributed by atoms with van der Waals surface area (Å²) in [5.74, 6) is -1.62. The van der Waals surface area contributed by atoms with E-state index in [4.69, 9.17) is 16.9 Å². The van der Waals surface area contributed by atoms with Gasteiger partial charge in [0.05, 0.1) is 23.6 Å². The number of hydrogen-bond donors (Lipinski definition) is 0. The normalized spacial score (nSPS) is 24.2. The molecule has 2 rings (SSSR count). The van der Waals surface area contributed by atoms with Crippen LogP contribution in [-0.2, 0) is 4.79 Å². The minimum atomic E-state index is -2.31. The van der Waals surface area contributed by atoms with Crippen LogP contribution < -0.4 is 0 Å². The predicted octanol–water partition coefficient (Wildman–Crippen LogP) is 3.93. The summed E-state index contributed by atoms with van der Waals surface area (Å²) >= 11 is 5.97. The van der Waals surface area contributed by atoms with Gasteiger partial charge in [0.2, 0.25) is 0 Å². The maximum absolute atomic E-state index is 15.2. The van der Waals surface area contributed by atoms with Crippen molar-refractivity contribution in [2.75, 3.05) is 0 Å². The van der Waals surface area contributed by atoms with Crippen molar-refractivity contribution >= 4 is 23.0 Å². The predicted molar refractivity (Wildman–Crippen MR) is 81.2 cm³/mol. The Kier molecular flexibility index (Phi) is 4.45. The Morgan fingerprint density at radius 2 is 2.00 bits per heavy atom. The Morgan fingerprint density at radius 3 is 2.50 bits per heavy atom. The molecule has 0 heterocycles. The highest BCUT2D eigenvalue weighted by Gasteiger charge is 2.48. The molecule has 0 fully saturated rings. The fourth-order valence-electron chi connectivity index (χ4n) is 2.55. The van der Waals surface area contributed by atoms with Crippen molar-refractivity contribution in [3.05, 3.63) is 52.6 Å². The van der Waals surface area contributed by atoms with Gasteiger partial charge in [0.25, 0.3) is 0 Å². The molecule has 1 aromatic carbocycles. The molecule has 3 nitrogen and oxygen atoms in total. The number of carbonyl (C=O) groups excluding carboxylic acids is 1. The highest BCUT2D eigenvalue weighted by molar-refractivity contribution is 6.32. The standard InChI is InChI=1S/C17H12ClFN2O/c1-11(22)13-9-15(18)17(19,7-8-20)14(10-21)16(13)12-5-3-2-4-6-12/h2-6,9,14H,7H2,1H3. The van der Waals surface area contributed by atoms with Crippen LogP contribution in [0.1, 0.15) is 18.9 Å². The maximum atomic E-state index is 15.2. The van der Waals surface area contributed by atoms with E-state index in [0.717, 1.165) is 0 Å². The molecule has 5 heteroatoms. The van der Waals surface area contributed by atoms with E-state index in [0.29, 0.717) is 5.56 Å². The number of ketones is 1. The van der Waals surface area contributed by atoms with Gasteiger partial charge in [-0.3, -0.25) is 4.79 Å². The van der Waals surface area contributed by atoms with Crippen LogP contribution in [0, 0.1) is 28.6 Å². The topological polar surface area (TPSA) is 64.7 Å². The van der Waals surface area contributed by atoms with E-state index >= 15 is 4.39 Å². The third-order valence-electron chi connectivity index (χ3n) is 3.63. The first-order valence-corrected chi connectivity index (χ1v) is 6.97. The third kappa shape index (κ3) is 2.54. The van der Waals surface area contributed by atoms with E-state index in [2.05, 4.69) is 0 Å². The van der Waals surface area contributed by atoms with Gasteiger partial charge in [-0.2, -0.15) is 10.5 Å². The van der Waals surface area contributed by atoms with Gasteiger partial charge in [0.1, 0.15) is 5.92 Å². The van der Waals surface area contributed by atoms with Gasteiger partial charge in [-0.05, 0) is 24.1 Å². The quantitative estimate of drug-likeness (QED) is 0.849. The molecule has 0 aromatic heterocycles. The number of halogens is 2.